The Morgan fingerprint density at radius 2 is 1.45 bits per heavy atom. The van der Waals surface area contributed by atoms with Gasteiger partial charge in [0.05, 0.1) is 0 Å². The van der Waals surface area contributed by atoms with Crippen molar-refractivity contribution in [1.82, 2.24) is 4.90 Å². The fraction of sp³-hybridized carbons (Fsp3) is 0.400. The van der Waals surface area contributed by atoms with E-state index in [9.17, 15) is 0 Å². The van der Waals surface area contributed by atoms with Gasteiger partial charge in [0.25, 0.3) is 0 Å². The molecule has 1 heterocycles. The Morgan fingerprint density at radius 3 is 2.09 bits per heavy atom. The molecule has 22 heavy (non-hydrogen) atoms. The van der Waals surface area contributed by atoms with Gasteiger partial charge in [0.1, 0.15) is 0 Å². The minimum atomic E-state index is 1.08. The van der Waals surface area contributed by atoms with Crippen LogP contribution >= 0.6 is 0 Å². The summed E-state index contributed by atoms with van der Waals surface area (Å²) in [6.07, 6.45) is 1.12. The molecule has 3 rings (SSSR count). The highest BCUT2D eigenvalue weighted by Gasteiger charge is 2.18. The molecule has 116 valence electrons. The van der Waals surface area contributed by atoms with Gasteiger partial charge in [-0.15, -0.1) is 0 Å². The molecule has 2 nitrogen and oxygen atoms in total. The van der Waals surface area contributed by atoms with Crippen LogP contribution in [0.1, 0.15) is 23.6 Å². The molecule has 0 spiro atoms. The number of hydrogen-bond donors (Lipinski definition) is 0. The van der Waals surface area contributed by atoms with Gasteiger partial charge in [-0.25, -0.2) is 0 Å². The van der Waals surface area contributed by atoms with Gasteiger partial charge in [0.15, 0.2) is 0 Å². The van der Waals surface area contributed by atoms with Crippen molar-refractivity contribution in [3.05, 3.63) is 65.2 Å². The van der Waals surface area contributed by atoms with Gasteiger partial charge in [-0.2, -0.15) is 0 Å². The third kappa shape index (κ3) is 3.50. The van der Waals surface area contributed by atoms with Crippen molar-refractivity contribution in [2.75, 3.05) is 31.1 Å². The second kappa shape index (κ2) is 6.97. The van der Waals surface area contributed by atoms with Crippen LogP contribution < -0.4 is 4.90 Å². The Bertz CT molecular complexity index is 595. The zero-order valence-electron chi connectivity index (χ0n) is 13.8. The third-order valence-corrected chi connectivity index (χ3v) is 4.67. The average Bonchev–Trinajstić information content (AvgIpc) is 2.57. The highest BCUT2D eigenvalue weighted by atomic mass is 15.3. The summed E-state index contributed by atoms with van der Waals surface area (Å²) in [7, 11) is 0. The van der Waals surface area contributed by atoms with E-state index >= 15 is 0 Å². The molecular formula is C20H26N2. The van der Waals surface area contributed by atoms with Crippen LogP contribution in [0.3, 0.4) is 0 Å². The Morgan fingerprint density at radius 1 is 0.818 bits per heavy atom. The first-order valence-electron chi connectivity index (χ1n) is 8.37. The molecule has 1 aliphatic heterocycles. The fourth-order valence-electron chi connectivity index (χ4n) is 3.20. The molecule has 0 radical (unpaired) electrons. The monoisotopic (exact) mass is 294 g/mol. The van der Waals surface area contributed by atoms with Crippen molar-refractivity contribution in [1.29, 1.82) is 0 Å². The molecule has 0 saturated carbocycles. The van der Waals surface area contributed by atoms with Crippen LogP contribution in [0.5, 0.6) is 0 Å². The lowest BCUT2D eigenvalue weighted by atomic mass is 10.1. The van der Waals surface area contributed by atoms with Crippen molar-refractivity contribution in [3.8, 4) is 0 Å². The number of para-hydroxylation sites is 1. The predicted octanol–water partition coefficient (Wildman–Crippen LogP) is 3.88. The summed E-state index contributed by atoms with van der Waals surface area (Å²) in [5.41, 5.74) is 5.63. The largest absolute Gasteiger partial charge is 0.369 e. The summed E-state index contributed by atoms with van der Waals surface area (Å²) >= 11 is 0. The van der Waals surface area contributed by atoms with Crippen LogP contribution in [0.4, 0.5) is 5.69 Å². The van der Waals surface area contributed by atoms with Gasteiger partial charge in [-0.1, -0.05) is 49.4 Å². The van der Waals surface area contributed by atoms with Gasteiger partial charge in [-0.05, 0) is 36.1 Å². The summed E-state index contributed by atoms with van der Waals surface area (Å²) in [5.74, 6) is 0. The molecule has 1 fully saturated rings. The summed E-state index contributed by atoms with van der Waals surface area (Å²) < 4.78 is 0. The van der Waals surface area contributed by atoms with E-state index in [1.54, 1.807) is 0 Å². The van der Waals surface area contributed by atoms with E-state index in [1.807, 2.05) is 0 Å². The molecule has 0 N–H and O–H groups in total. The normalized spacial score (nSPS) is 16.0. The zero-order valence-corrected chi connectivity index (χ0v) is 13.8. The number of nitrogens with zero attached hydrogens (tertiary/aromatic N) is 2. The van der Waals surface area contributed by atoms with Crippen molar-refractivity contribution in [3.63, 3.8) is 0 Å². The van der Waals surface area contributed by atoms with Gasteiger partial charge < -0.3 is 4.90 Å². The van der Waals surface area contributed by atoms with E-state index < -0.39 is 0 Å². The average molecular weight is 294 g/mol. The van der Waals surface area contributed by atoms with Gasteiger partial charge in [0, 0.05) is 38.4 Å². The molecule has 0 aromatic heterocycles. The molecule has 0 atom stereocenters. The van der Waals surface area contributed by atoms with Crippen molar-refractivity contribution >= 4 is 5.69 Å². The molecular weight excluding hydrogens is 268 g/mol. The molecule has 1 aliphatic rings. The lowest BCUT2D eigenvalue weighted by molar-refractivity contribution is 0.250. The Labute approximate surface area is 134 Å². The second-order valence-corrected chi connectivity index (χ2v) is 6.22. The first-order chi connectivity index (χ1) is 10.8. The van der Waals surface area contributed by atoms with Crippen LogP contribution in [0.15, 0.2) is 48.5 Å². The maximum atomic E-state index is 2.57. The molecule has 1 saturated heterocycles. The van der Waals surface area contributed by atoms with Crippen LogP contribution in [0.25, 0.3) is 0 Å². The topological polar surface area (TPSA) is 6.48 Å². The quantitative estimate of drug-likeness (QED) is 0.844. The maximum Gasteiger partial charge on any atom is 0.0396 e. The number of rotatable bonds is 4. The Balaban J connectivity index is 1.56. The minimum absolute atomic E-state index is 1.08. The summed E-state index contributed by atoms with van der Waals surface area (Å²) in [5, 5.41) is 0. The molecule has 0 unspecified atom stereocenters. The van der Waals surface area contributed by atoms with E-state index in [1.165, 1.54) is 22.4 Å². The van der Waals surface area contributed by atoms with E-state index in [-0.39, 0.29) is 0 Å². The lowest BCUT2D eigenvalue weighted by Gasteiger charge is -2.36. The number of hydrogen-bond acceptors (Lipinski definition) is 2. The Hall–Kier alpha value is -1.80. The van der Waals surface area contributed by atoms with E-state index in [0.717, 1.165) is 39.1 Å². The van der Waals surface area contributed by atoms with Crippen LogP contribution in [-0.2, 0) is 13.0 Å². The standard InChI is InChI=1S/C20H26N2/c1-3-18-8-10-19(11-9-18)16-21-12-14-22(15-13-21)20-7-5-4-6-17(20)2/h4-11H,3,12-16H2,1-2H3. The van der Waals surface area contributed by atoms with E-state index in [4.69, 9.17) is 0 Å². The molecule has 0 aliphatic carbocycles. The van der Waals surface area contributed by atoms with Crippen LogP contribution in [0.2, 0.25) is 0 Å². The molecule has 0 amide bonds. The second-order valence-electron chi connectivity index (χ2n) is 6.22. The van der Waals surface area contributed by atoms with Crippen LogP contribution in [0, 0.1) is 6.92 Å². The number of piperazine rings is 1. The molecule has 2 heteroatoms. The first kappa shape index (κ1) is 15.1. The number of benzene rings is 2. The number of aryl methyl sites for hydroxylation is 2. The molecule has 2 aromatic carbocycles. The summed E-state index contributed by atoms with van der Waals surface area (Å²) in [6, 6.07) is 17.8. The lowest BCUT2D eigenvalue weighted by Crippen LogP contribution is -2.46. The van der Waals surface area contributed by atoms with Crippen molar-refractivity contribution in [2.45, 2.75) is 26.8 Å². The van der Waals surface area contributed by atoms with Crippen LogP contribution in [-0.4, -0.2) is 31.1 Å². The fourth-order valence-corrected chi connectivity index (χ4v) is 3.20. The minimum Gasteiger partial charge on any atom is -0.369 e. The predicted molar refractivity (Wildman–Crippen MR) is 94.5 cm³/mol. The third-order valence-electron chi connectivity index (χ3n) is 4.67. The SMILES string of the molecule is CCc1ccc(CN2CCN(c3ccccc3C)CC2)cc1. The highest BCUT2D eigenvalue weighted by Crippen LogP contribution is 2.21. The van der Waals surface area contributed by atoms with Gasteiger partial charge in [-0.3, -0.25) is 4.90 Å². The molecule has 0 bridgehead atoms. The zero-order chi connectivity index (χ0) is 15.4. The summed E-state index contributed by atoms with van der Waals surface area (Å²) in [4.78, 5) is 5.09. The Kier molecular flexibility index (Phi) is 4.79. The maximum absolute atomic E-state index is 2.57. The first-order valence-corrected chi connectivity index (χ1v) is 8.37. The smallest absolute Gasteiger partial charge is 0.0396 e. The van der Waals surface area contributed by atoms with Gasteiger partial charge >= 0.3 is 0 Å². The van der Waals surface area contributed by atoms with E-state index in [0.29, 0.717) is 0 Å². The van der Waals surface area contributed by atoms with Crippen molar-refractivity contribution in [2.24, 2.45) is 0 Å². The highest BCUT2D eigenvalue weighted by molar-refractivity contribution is 5.53. The number of anilines is 1. The summed E-state index contributed by atoms with van der Waals surface area (Å²) in [6.45, 7) is 10.0. The van der Waals surface area contributed by atoms with Crippen molar-refractivity contribution < 1.29 is 0 Å². The molecule has 2 aromatic rings. The van der Waals surface area contributed by atoms with E-state index in [2.05, 4.69) is 72.2 Å². The van der Waals surface area contributed by atoms with Gasteiger partial charge in [0.2, 0.25) is 0 Å².